The van der Waals surface area contributed by atoms with Crippen molar-refractivity contribution in [3.05, 3.63) is 70.5 Å². The molecule has 0 aliphatic heterocycles. The van der Waals surface area contributed by atoms with Crippen LogP contribution in [-0.4, -0.2) is 7.05 Å². The largest absolute Gasteiger partial charge is 0.313 e. The molecule has 1 N–H and O–H groups in total. The first-order chi connectivity index (χ1) is 9.67. The van der Waals surface area contributed by atoms with Crippen LogP contribution in [0.5, 0.6) is 0 Å². The Bertz CT molecular complexity index is 575. The highest BCUT2D eigenvalue weighted by Gasteiger charge is 2.28. The Kier molecular flexibility index (Phi) is 3.58. The third kappa shape index (κ3) is 2.48. The summed E-state index contributed by atoms with van der Waals surface area (Å²) in [6, 6.07) is 14.2. The zero-order valence-corrected chi connectivity index (χ0v) is 12.0. The molecule has 0 spiro atoms. The fraction of sp³-hybridized carbons (Fsp3) is 0.333. The van der Waals surface area contributed by atoms with Crippen molar-refractivity contribution in [2.24, 2.45) is 5.92 Å². The van der Waals surface area contributed by atoms with Crippen molar-refractivity contribution in [2.75, 3.05) is 7.05 Å². The highest BCUT2D eigenvalue weighted by molar-refractivity contribution is 5.35. The number of fused-ring (bicyclic) bond motifs is 1. The number of aryl methyl sites for hydroxylation is 1. The van der Waals surface area contributed by atoms with Gasteiger partial charge in [-0.3, -0.25) is 0 Å². The van der Waals surface area contributed by atoms with Crippen molar-refractivity contribution >= 4 is 0 Å². The summed E-state index contributed by atoms with van der Waals surface area (Å²) in [5.74, 6) is 0.356. The zero-order chi connectivity index (χ0) is 14.1. The predicted octanol–water partition coefficient (Wildman–Crippen LogP) is 3.81. The Morgan fingerprint density at radius 2 is 1.75 bits per heavy atom. The lowest BCUT2D eigenvalue weighted by atomic mass is 9.90. The number of rotatable bonds is 3. The van der Waals surface area contributed by atoms with Crippen molar-refractivity contribution < 1.29 is 4.39 Å². The minimum atomic E-state index is -0.143. The van der Waals surface area contributed by atoms with Crippen molar-refractivity contribution in [3.8, 4) is 0 Å². The molecule has 1 atom stereocenters. The van der Waals surface area contributed by atoms with Crippen molar-refractivity contribution in [2.45, 2.75) is 25.8 Å². The van der Waals surface area contributed by atoms with Gasteiger partial charge in [0.05, 0.1) is 0 Å². The van der Waals surface area contributed by atoms with Crippen molar-refractivity contribution in [1.29, 1.82) is 0 Å². The highest BCUT2D eigenvalue weighted by Crippen LogP contribution is 2.35. The number of halogens is 1. The fourth-order valence-electron chi connectivity index (χ4n) is 3.45. The summed E-state index contributed by atoms with van der Waals surface area (Å²) in [6.45, 7) is 1.95. The summed E-state index contributed by atoms with van der Waals surface area (Å²) in [6.07, 6.45) is 2.13. The van der Waals surface area contributed by atoms with Gasteiger partial charge in [-0.15, -0.1) is 0 Å². The predicted molar refractivity (Wildman–Crippen MR) is 80.3 cm³/mol. The molecule has 0 amide bonds. The van der Waals surface area contributed by atoms with Crippen LogP contribution >= 0.6 is 0 Å². The summed E-state index contributed by atoms with van der Waals surface area (Å²) < 4.78 is 13.6. The van der Waals surface area contributed by atoms with Crippen LogP contribution in [-0.2, 0) is 12.8 Å². The van der Waals surface area contributed by atoms with Gasteiger partial charge in [-0.1, -0.05) is 30.3 Å². The lowest BCUT2D eigenvalue weighted by Gasteiger charge is -2.24. The molecule has 0 fully saturated rings. The second-order valence-corrected chi connectivity index (χ2v) is 5.77. The molecule has 1 aliphatic rings. The van der Waals surface area contributed by atoms with E-state index < -0.39 is 0 Å². The third-order valence-corrected chi connectivity index (χ3v) is 4.29. The van der Waals surface area contributed by atoms with E-state index in [0.717, 1.165) is 24.0 Å². The monoisotopic (exact) mass is 269 g/mol. The van der Waals surface area contributed by atoms with Crippen LogP contribution in [0.2, 0.25) is 0 Å². The van der Waals surface area contributed by atoms with Crippen LogP contribution in [0.3, 0.4) is 0 Å². The summed E-state index contributed by atoms with van der Waals surface area (Å²) in [5.41, 5.74) is 4.91. The molecule has 0 heterocycles. The molecule has 3 rings (SSSR count). The molecule has 20 heavy (non-hydrogen) atoms. The van der Waals surface area contributed by atoms with Gasteiger partial charge in [0.1, 0.15) is 5.82 Å². The first-order valence-corrected chi connectivity index (χ1v) is 7.18. The van der Waals surface area contributed by atoms with Gasteiger partial charge in [0.15, 0.2) is 0 Å². The lowest BCUT2D eigenvalue weighted by molar-refractivity contribution is 0.395. The maximum atomic E-state index is 13.6. The number of hydrogen-bond donors (Lipinski definition) is 1. The first kappa shape index (κ1) is 13.3. The van der Waals surface area contributed by atoms with Crippen LogP contribution in [0, 0.1) is 18.7 Å². The Labute approximate surface area is 119 Å². The van der Waals surface area contributed by atoms with Crippen LogP contribution in [0.4, 0.5) is 4.39 Å². The van der Waals surface area contributed by atoms with Gasteiger partial charge in [-0.25, -0.2) is 4.39 Å². The molecule has 0 aromatic heterocycles. The highest BCUT2D eigenvalue weighted by atomic mass is 19.1. The minimum absolute atomic E-state index is 0.143. The smallest absolute Gasteiger partial charge is 0.123 e. The van der Waals surface area contributed by atoms with Gasteiger partial charge >= 0.3 is 0 Å². The summed E-state index contributed by atoms with van der Waals surface area (Å²) in [7, 11) is 1.97. The Morgan fingerprint density at radius 1 is 1.10 bits per heavy atom. The lowest BCUT2D eigenvalue weighted by Crippen LogP contribution is -2.26. The molecular weight excluding hydrogens is 249 g/mol. The van der Waals surface area contributed by atoms with E-state index in [0.29, 0.717) is 5.92 Å². The second-order valence-electron chi connectivity index (χ2n) is 5.77. The maximum Gasteiger partial charge on any atom is 0.123 e. The van der Waals surface area contributed by atoms with Crippen LogP contribution in [0.15, 0.2) is 42.5 Å². The van der Waals surface area contributed by atoms with Gasteiger partial charge in [0, 0.05) is 6.04 Å². The molecule has 2 aromatic rings. The standard InChI is InChI=1S/C18H20FN/c1-12-7-15(11-17(19)8-12)18(20-2)16-9-13-5-3-4-6-14(13)10-16/h3-8,11,16,18,20H,9-10H2,1-2H3. The average Bonchev–Trinajstić information content (AvgIpc) is 2.81. The Hall–Kier alpha value is -1.67. The molecule has 0 saturated carbocycles. The van der Waals surface area contributed by atoms with Gasteiger partial charge in [-0.2, -0.15) is 0 Å². The Morgan fingerprint density at radius 3 is 2.30 bits per heavy atom. The van der Waals surface area contributed by atoms with Gasteiger partial charge < -0.3 is 5.32 Å². The van der Waals surface area contributed by atoms with E-state index in [1.165, 1.54) is 11.1 Å². The molecular formula is C18H20FN. The average molecular weight is 269 g/mol. The van der Waals surface area contributed by atoms with Gasteiger partial charge in [-0.05, 0) is 67.1 Å². The molecule has 1 nitrogen and oxygen atoms in total. The minimum Gasteiger partial charge on any atom is -0.313 e. The summed E-state index contributed by atoms with van der Waals surface area (Å²) >= 11 is 0. The van der Waals surface area contributed by atoms with Crippen LogP contribution in [0.25, 0.3) is 0 Å². The number of benzene rings is 2. The molecule has 0 saturated heterocycles. The van der Waals surface area contributed by atoms with Gasteiger partial charge in [0.2, 0.25) is 0 Å². The van der Waals surface area contributed by atoms with E-state index in [2.05, 4.69) is 35.6 Å². The molecule has 2 heteroatoms. The summed E-state index contributed by atoms with van der Waals surface area (Å²) in [5, 5.41) is 3.38. The molecule has 1 unspecified atom stereocenters. The molecule has 0 radical (unpaired) electrons. The number of nitrogens with one attached hydrogen (secondary N) is 1. The van der Waals surface area contributed by atoms with Crippen molar-refractivity contribution in [3.63, 3.8) is 0 Å². The van der Waals surface area contributed by atoms with Crippen LogP contribution < -0.4 is 5.32 Å². The normalized spacial score (nSPS) is 16.1. The van der Waals surface area contributed by atoms with E-state index >= 15 is 0 Å². The quantitative estimate of drug-likeness (QED) is 0.893. The summed E-state index contributed by atoms with van der Waals surface area (Å²) in [4.78, 5) is 0. The maximum absolute atomic E-state index is 13.6. The molecule has 104 valence electrons. The zero-order valence-electron chi connectivity index (χ0n) is 12.0. The van der Waals surface area contributed by atoms with E-state index in [1.807, 2.05) is 14.0 Å². The number of hydrogen-bond acceptors (Lipinski definition) is 1. The van der Waals surface area contributed by atoms with E-state index in [-0.39, 0.29) is 11.9 Å². The third-order valence-electron chi connectivity index (χ3n) is 4.29. The SMILES string of the molecule is CNC(c1cc(C)cc(F)c1)C1Cc2ccccc2C1. The molecule has 0 bridgehead atoms. The fourth-order valence-corrected chi connectivity index (χ4v) is 3.45. The van der Waals surface area contributed by atoms with Gasteiger partial charge in [0.25, 0.3) is 0 Å². The van der Waals surface area contributed by atoms with E-state index in [9.17, 15) is 4.39 Å². The van der Waals surface area contributed by atoms with E-state index in [1.54, 1.807) is 12.1 Å². The Balaban J connectivity index is 1.88. The molecule has 1 aliphatic carbocycles. The van der Waals surface area contributed by atoms with E-state index in [4.69, 9.17) is 0 Å². The first-order valence-electron chi connectivity index (χ1n) is 7.18. The van der Waals surface area contributed by atoms with Crippen LogP contribution in [0.1, 0.15) is 28.3 Å². The topological polar surface area (TPSA) is 12.0 Å². The second kappa shape index (κ2) is 5.37. The molecule has 2 aromatic carbocycles. The van der Waals surface area contributed by atoms with Crippen molar-refractivity contribution in [1.82, 2.24) is 5.32 Å².